The normalized spacial score (nSPS) is 16.7. The lowest BCUT2D eigenvalue weighted by atomic mass is 9.87. The summed E-state index contributed by atoms with van der Waals surface area (Å²) in [6, 6.07) is 0. The van der Waals surface area contributed by atoms with E-state index in [9.17, 15) is 0 Å². The first kappa shape index (κ1) is 11.7. The Bertz CT molecular complexity index is 113. The molecule has 0 fully saturated rings. The van der Waals surface area contributed by atoms with Crippen LogP contribution in [0.15, 0.2) is 12.2 Å². The molecule has 12 heavy (non-hydrogen) atoms. The van der Waals surface area contributed by atoms with E-state index in [0.717, 1.165) is 11.8 Å². The van der Waals surface area contributed by atoms with E-state index in [-0.39, 0.29) is 0 Å². The first-order chi connectivity index (χ1) is 5.76. The number of hydrogen-bond acceptors (Lipinski definition) is 0. The second kappa shape index (κ2) is 7.39. The molecule has 0 heteroatoms. The largest absolute Gasteiger partial charge is 0.0888 e. The summed E-state index contributed by atoms with van der Waals surface area (Å²) in [6.45, 7) is 9.15. The van der Waals surface area contributed by atoms with Crippen molar-refractivity contribution in [2.45, 2.75) is 53.4 Å². The Morgan fingerprint density at radius 3 is 2.08 bits per heavy atom. The minimum atomic E-state index is 0.886. The third kappa shape index (κ3) is 4.58. The third-order valence-electron chi connectivity index (χ3n) is 2.81. The van der Waals surface area contributed by atoms with E-state index >= 15 is 0 Å². The highest BCUT2D eigenvalue weighted by molar-refractivity contribution is 4.83. The first-order valence-corrected chi connectivity index (χ1v) is 5.41. The van der Waals surface area contributed by atoms with E-state index in [1.165, 1.54) is 25.7 Å². The molecule has 0 aliphatic rings. The van der Waals surface area contributed by atoms with Crippen LogP contribution < -0.4 is 0 Å². The van der Waals surface area contributed by atoms with Gasteiger partial charge in [0.25, 0.3) is 0 Å². The van der Waals surface area contributed by atoms with E-state index < -0.39 is 0 Å². The molecular weight excluding hydrogens is 144 g/mol. The zero-order valence-electron chi connectivity index (χ0n) is 9.14. The summed E-state index contributed by atoms with van der Waals surface area (Å²) in [6.07, 6.45) is 9.73. The van der Waals surface area contributed by atoms with Crippen LogP contribution in [0.25, 0.3) is 0 Å². The zero-order valence-corrected chi connectivity index (χ0v) is 9.14. The van der Waals surface area contributed by atoms with Crippen molar-refractivity contribution in [1.82, 2.24) is 0 Å². The molecule has 0 radical (unpaired) electrons. The van der Waals surface area contributed by atoms with Crippen molar-refractivity contribution in [3.63, 3.8) is 0 Å². The fraction of sp³-hybridized carbons (Fsp3) is 0.833. The summed E-state index contributed by atoms with van der Waals surface area (Å²) in [5, 5.41) is 0. The lowest BCUT2D eigenvalue weighted by molar-refractivity contribution is 0.341. The van der Waals surface area contributed by atoms with Gasteiger partial charge in [0.15, 0.2) is 0 Å². The van der Waals surface area contributed by atoms with Crippen LogP contribution in [0.3, 0.4) is 0 Å². The SMILES string of the molecule is CC/C=C\CC(CC)C(C)CC. The number of rotatable bonds is 6. The fourth-order valence-electron chi connectivity index (χ4n) is 1.57. The Morgan fingerprint density at radius 2 is 1.67 bits per heavy atom. The van der Waals surface area contributed by atoms with E-state index in [1.807, 2.05) is 0 Å². The molecule has 72 valence electrons. The molecule has 0 spiro atoms. The van der Waals surface area contributed by atoms with Gasteiger partial charge in [-0.25, -0.2) is 0 Å². The van der Waals surface area contributed by atoms with Gasteiger partial charge in [-0.1, -0.05) is 52.7 Å². The maximum atomic E-state index is 2.37. The molecule has 0 aromatic heterocycles. The van der Waals surface area contributed by atoms with Crippen molar-refractivity contribution in [3.05, 3.63) is 12.2 Å². The van der Waals surface area contributed by atoms with Crippen LogP contribution in [0.2, 0.25) is 0 Å². The molecule has 0 heterocycles. The quantitative estimate of drug-likeness (QED) is 0.515. The van der Waals surface area contributed by atoms with Gasteiger partial charge in [0, 0.05) is 0 Å². The molecular formula is C12H24. The van der Waals surface area contributed by atoms with E-state index in [4.69, 9.17) is 0 Å². The monoisotopic (exact) mass is 168 g/mol. The average molecular weight is 168 g/mol. The van der Waals surface area contributed by atoms with Crippen LogP contribution in [-0.2, 0) is 0 Å². The third-order valence-corrected chi connectivity index (χ3v) is 2.81. The molecule has 0 aromatic rings. The van der Waals surface area contributed by atoms with Gasteiger partial charge in [-0.2, -0.15) is 0 Å². The maximum absolute atomic E-state index is 2.37. The van der Waals surface area contributed by atoms with Gasteiger partial charge in [-0.3, -0.25) is 0 Å². The summed E-state index contributed by atoms with van der Waals surface area (Å²) >= 11 is 0. The Hall–Kier alpha value is -0.260. The molecule has 2 unspecified atom stereocenters. The van der Waals surface area contributed by atoms with Gasteiger partial charge in [0.05, 0.1) is 0 Å². The van der Waals surface area contributed by atoms with Crippen LogP contribution in [-0.4, -0.2) is 0 Å². The second-order valence-corrected chi connectivity index (χ2v) is 3.67. The Kier molecular flexibility index (Phi) is 7.23. The number of allylic oxidation sites excluding steroid dienone is 2. The minimum absolute atomic E-state index is 0.886. The summed E-state index contributed by atoms with van der Waals surface area (Å²) in [5.74, 6) is 1.79. The molecule has 0 N–H and O–H groups in total. The lowest BCUT2D eigenvalue weighted by Gasteiger charge is -2.19. The molecule has 0 nitrogen and oxygen atoms in total. The lowest BCUT2D eigenvalue weighted by Crippen LogP contribution is -2.08. The molecule has 2 atom stereocenters. The molecule has 0 aliphatic carbocycles. The van der Waals surface area contributed by atoms with Gasteiger partial charge in [-0.15, -0.1) is 0 Å². The van der Waals surface area contributed by atoms with Crippen LogP contribution in [0.4, 0.5) is 0 Å². The molecule has 0 rings (SSSR count). The van der Waals surface area contributed by atoms with Crippen molar-refractivity contribution in [2.75, 3.05) is 0 Å². The smallest absolute Gasteiger partial charge is 0.0320 e. The van der Waals surface area contributed by atoms with E-state index in [0.29, 0.717) is 0 Å². The van der Waals surface area contributed by atoms with Gasteiger partial charge in [0.1, 0.15) is 0 Å². The molecule has 0 aromatic carbocycles. The van der Waals surface area contributed by atoms with Gasteiger partial charge in [0.2, 0.25) is 0 Å². The summed E-state index contributed by atoms with van der Waals surface area (Å²) in [4.78, 5) is 0. The van der Waals surface area contributed by atoms with Crippen LogP contribution in [0.5, 0.6) is 0 Å². The van der Waals surface area contributed by atoms with Gasteiger partial charge >= 0.3 is 0 Å². The van der Waals surface area contributed by atoms with Crippen LogP contribution in [0, 0.1) is 11.8 Å². The van der Waals surface area contributed by atoms with Gasteiger partial charge in [-0.05, 0) is 24.7 Å². The molecule has 0 saturated carbocycles. The molecule has 0 saturated heterocycles. The second-order valence-electron chi connectivity index (χ2n) is 3.67. The van der Waals surface area contributed by atoms with Gasteiger partial charge < -0.3 is 0 Å². The van der Waals surface area contributed by atoms with Crippen molar-refractivity contribution in [1.29, 1.82) is 0 Å². The van der Waals surface area contributed by atoms with Crippen molar-refractivity contribution in [3.8, 4) is 0 Å². The van der Waals surface area contributed by atoms with E-state index in [2.05, 4.69) is 39.8 Å². The highest BCUT2D eigenvalue weighted by Crippen LogP contribution is 2.22. The van der Waals surface area contributed by atoms with Crippen LogP contribution in [0.1, 0.15) is 53.4 Å². The minimum Gasteiger partial charge on any atom is -0.0888 e. The standard InChI is InChI=1S/C12H24/c1-5-8-9-10-12(7-3)11(4)6-2/h8-9,11-12H,5-7,10H2,1-4H3/b9-8-. The van der Waals surface area contributed by atoms with E-state index in [1.54, 1.807) is 0 Å². The first-order valence-electron chi connectivity index (χ1n) is 5.41. The van der Waals surface area contributed by atoms with Crippen molar-refractivity contribution in [2.24, 2.45) is 11.8 Å². The fourth-order valence-corrected chi connectivity index (χ4v) is 1.57. The maximum Gasteiger partial charge on any atom is -0.0320 e. The Balaban J connectivity index is 3.74. The van der Waals surface area contributed by atoms with Crippen LogP contribution >= 0.6 is 0 Å². The summed E-state index contributed by atoms with van der Waals surface area (Å²) in [5.41, 5.74) is 0. The van der Waals surface area contributed by atoms with Crippen molar-refractivity contribution < 1.29 is 0 Å². The van der Waals surface area contributed by atoms with Crippen molar-refractivity contribution >= 4 is 0 Å². The summed E-state index contributed by atoms with van der Waals surface area (Å²) in [7, 11) is 0. The number of hydrogen-bond donors (Lipinski definition) is 0. The predicted molar refractivity (Wildman–Crippen MR) is 57.3 cm³/mol. The molecule has 0 bridgehead atoms. The zero-order chi connectivity index (χ0) is 9.40. The Labute approximate surface area is 78.1 Å². The molecule has 0 amide bonds. The highest BCUT2D eigenvalue weighted by atomic mass is 14.2. The topological polar surface area (TPSA) is 0 Å². The predicted octanol–water partition coefficient (Wildman–Crippen LogP) is 4.42. The average Bonchev–Trinajstić information content (AvgIpc) is 2.11. The highest BCUT2D eigenvalue weighted by Gasteiger charge is 2.11. The molecule has 0 aliphatic heterocycles. The Morgan fingerprint density at radius 1 is 1.00 bits per heavy atom. The summed E-state index contributed by atoms with van der Waals surface area (Å²) < 4.78 is 0.